The Morgan fingerprint density at radius 2 is 2.37 bits per heavy atom. The maximum Gasteiger partial charge on any atom is 0.0937 e. The summed E-state index contributed by atoms with van der Waals surface area (Å²) in [5, 5.41) is 6.67. The molecule has 1 aromatic rings. The Kier molecular flexibility index (Phi) is 4.61. The van der Waals surface area contributed by atoms with Crippen molar-refractivity contribution in [2.45, 2.75) is 45.3 Å². The molecule has 2 unspecified atom stereocenters. The quantitative estimate of drug-likeness (QED) is 0.749. The zero-order chi connectivity index (χ0) is 13.9. The van der Waals surface area contributed by atoms with Crippen molar-refractivity contribution in [3.63, 3.8) is 0 Å². The number of aromatic nitrogens is 1. The third kappa shape index (κ3) is 2.99. The van der Waals surface area contributed by atoms with E-state index < -0.39 is 0 Å². The lowest BCUT2D eigenvalue weighted by Crippen LogP contribution is -2.73. The molecular formula is C14H25N3OS. The minimum atomic E-state index is -0.157. The van der Waals surface area contributed by atoms with E-state index in [1.165, 1.54) is 5.01 Å². The SMILES string of the molecule is CCOC1CC(N)(CNCCc2nccs2)C1(C)C. The van der Waals surface area contributed by atoms with Gasteiger partial charge < -0.3 is 15.8 Å². The van der Waals surface area contributed by atoms with Gasteiger partial charge in [0, 0.05) is 48.6 Å². The Balaban J connectivity index is 1.74. The number of hydrogen-bond acceptors (Lipinski definition) is 5. The van der Waals surface area contributed by atoms with Crippen LogP contribution in [0.25, 0.3) is 0 Å². The van der Waals surface area contributed by atoms with Crippen molar-refractivity contribution in [2.75, 3.05) is 19.7 Å². The van der Waals surface area contributed by atoms with Crippen LogP contribution in [-0.4, -0.2) is 36.3 Å². The van der Waals surface area contributed by atoms with Crippen molar-refractivity contribution in [3.05, 3.63) is 16.6 Å². The van der Waals surface area contributed by atoms with Gasteiger partial charge in [0.2, 0.25) is 0 Å². The van der Waals surface area contributed by atoms with Gasteiger partial charge in [-0.2, -0.15) is 0 Å². The molecular weight excluding hydrogens is 258 g/mol. The molecule has 0 aromatic carbocycles. The summed E-state index contributed by atoms with van der Waals surface area (Å²) in [6.45, 7) is 9.00. The van der Waals surface area contributed by atoms with Crippen LogP contribution in [0, 0.1) is 5.41 Å². The second-order valence-electron chi connectivity index (χ2n) is 5.88. The fourth-order valence-electron chi connectivity index (χ4n) is 2.69. The van der Waals surface area contributed by atoms with Crippen molar-refractivity contribution in [2.24, 2.45) is 11.1 Å². The first-order chi connectivity index (χ1) is 8.99. The summed E-state index contributed by atoms with van der Waals surface area (Å²) in [5.41, 5.74) is 6.39. The molecule has 1 aliphatic carbocycles. The Hall–Kier alpha value is -0.490. The summed E-state index contributed by atoms with van der Waals surface area (Å²) in [6.07, 6.45) is 4.07. The van der Waals surface area contributed by atoms with Crippen LogP contribution in [0.5, 0.6) is 0 Å². The molecule has 0 bridgehead atoms. The maximum absolute atomic E-state index is 6.51. The molecule has 1 heterocycles. The van der Waals surface area contributed by atoms with Crippen molar-refractivity contribution in [3.8, 4) is 0 Å². The average molecular weight is 283 g/mol. The summed E-state index contributed by atoms with van der Waals surface area (Å²) in [5.74, 6) is 0. The highest BCUT2D eigenvalue weighted by atomic mass is 32.1. The van der Waals surface area contributed by atoms with Crippen LogP contribution in [0.1, 0.15) is 32.2 Å². The van der Waals surface area contributed by atoms with Gasteiger partial charge in [0.05, 0.1) is 11.1 Å². The molecule has 0 aliphatic heterocycles. The number of thiazole rings is 1. The van der Waals surface area contributed by atoms with E-state index in [0.29, 0.717) is 6.10 Å². The number of rotatable bonds is 7. The molecule has 0 amide bonds. The lowest BCUT2D eigenvalue weighted by molar-refractivity contribution is -0.147. The molecule has 0 spiro atoms. The number of nitrogens with zero attached hydrogens (tertiary/aromatic N) is 1. The first-order valence-electron chi connectivity index (χ1n) is 6.99. The summed E-state index contributed by atoms with van der Waals surface area (Å²) < 4.78 is 5.74. The van der Waals surface area contributed by atoms with Gasteiger partial charge in [0.15, 0.2) is 0 Å². The summed E-state index contributed by atoms with van der Waals surface area (Å²) in [6, 6.07) is 0. The maximum atomic E-state index is 6.51. The first kappa shape index (κ1) is 14.9. The van der Waals surface area contributed by atoms with E-state index in [9.17, 15) is 0 Å². The monoisotopic (exact) mass is 283 g/mol. The number of ether oxygens (including phenoxy) is 1. The van der Waals surface area contributed by atoms with Gasteiger partial charge >= 0.3 is 0 Å². The van der Waals surface area contributed by atoms with E-state index in [4.69, 9.17) is 10.5 Å². The van der Waals surface area contributed by atoms with Gasteiger partial charge in [-0.15, -0.1) is 11.3 Å². The van der Waals surface area contributed by atoms with Crippen molar-refractivity contribution in [1.29, 1.82) is 0 Å². The smallest absolute Gasteiger partial charge is 0.0937 e. The first-order valence-corrected chi connectivity index (χ1v) is 7.87. The van der Waals surface area contributed by atoms with E-state index in [0.717, 1.165) is 32.5 Å². The highest BCUT2D eigenvalue weighted by Crippen LogP contribution is 2.49. The molecule has 5 heteroatoms. The number of nitrogens with one attached hydrogen (secondary N) is 1. The average Bonchev–Trinajstić information content (AvgIpc) is 2.87. The Morgan fingerprint density at radius 3 is 2.95 bits per heavy atom. The predicted octanol–water partition coefficient (Wildman–Crippen LogP) is 1.81. The predicted molar refractivity (Wildman–Crippen MR) is 79.4 cm³/mol. The van der Waals surface area contributed by atoms with E-state index >= 15 is 0 Å². The van der Waals surface area contributed by atoms with Crippen LogP contribution in [-0.2, 0) is 11.2 Å². The van der Waals surface area contributed by atoms with E-state index in [1.54, 1.807) is 11.3 Å². The minimum absolute atomic E-state index is 0.0389. The molecule has 2 rings (SSSR count). The fourth-order valence-corrected chi connectivity index (χ4v) is 3.31. The van der Waals surface area contributed by atoms with E-state index in [-0.39, 0.29) is 11.0 Å². The van der Waals surface area contributed by atoms with E-state index in [2.05, 4.69) is 24.1 Å². The fraction of sp³-hybridized carbons (Fsp3) is 0.786. The molecule has 4 nitrogen and oxygen atoms in total. The van der Waals surface area contributed by atoms with Gasteiger partial charge in [-0.05, 0) is 13.3 Å². The molecule has 1 fully saturated rings. The summed E-state index contributed by atoms with van der Waals surface area (Å²) in [4.78, 5) is 4.28. The van der Waals surface area contributed by atoms with Gasteiger partial charge in [-0.25, -0.2) is 4.98 Å². The second kappa shape index (κ2) is 5.87. The number of nitrogens with two attached hydrogens (primary N) is 1. The van der Waals surface area contributed by atoms with Crippen molar-refractivity contribution >= 4 is 11.3 Å². The Bertz CT molecular complexity index is 393. The van der Waals surface area contributed by atoms with Gasteiger partial charge in [0.25, 0.3) is 0 Å². The number of hydrogen-bond donors (Lipinski definition) is 2. The second-order valence-corrected chi connectivity index (χ2v) is 6.86. The standard InChI is InChI=1S/C14H25N3OS/c1-4-18-11-9-14(15,13(11,2)3)10-16-6-5-12-17-7-8-19-12/h7-8,11,16H,4-6,9-10,15H2,1-3H3. The zero-order valence-electron chi connectivity index (χ0n) is 12.1. The van der Waals surface area contributed by atoms with Crippen LogP contribution in [0.2, 0.25) is 0 Å². The van der Waals surface area contributed by atoms with Crippen molar-refractivity contribution in [1.82, 2.24) is 10.3 Å². The molecule has 3 N–H and O–H groups in total. The van der Waals surface area contributed by atoms with Gasteiger partial charge in [0.1, 0.15) is 0 Å². The Morgan fingerprint density at radius 1 is 1.58 bits per heavy atom. The normalized spacial score (nSPS) is 29.2. The summed E-state index contributed by atoms with van der Waals surface area (Å²) in [7, 11) is 0. The summed E-state index contributed by atoms with van der Waals surface area (Å²) >= 11 is 1.71. The van der Waals surface area contributed by atoms with Crippen molar-refractivity contribution < 1.29 is 4.74 Å². The Labute approximate surface area is 119 Å². The molecule has 0 radical (unpaired) electrons. The van der Waals surface area contributed by atoms with Crippen LogP contribution >= 0.6 is 11.3 Å². The highest BCUT2D eigenvalue weighted by molar-refractivity contribution is 7.09. The molecule has 19 heavy (non-hydrogen) atoms. The topological polar surface area (TPSA) is 60.2 Å². The molecule has 2 atom stereocenters. The third-order valence-corrected chi connectivity index (χ3v) is 5.28. The lowest BCUT2D eigenvalue weighted by Gasteiger charge is -2.59. The molecule has 1 aromatic heterocycles. The van der Waals surface area contributed by atoms with Crippen LogP contribution in [0.15, 0.2) is 11.6 Å². The third-order valence-electron chi connectivity index (χ3n) is 4.45. The largest absolute Gasteiger partial charge is 0.378 e. The van der Waals surface area contributed by atoms with Crippen LogP contribution in [0.3, 0.4) is 0 Å². The zero-order valence-corrected chi connectivity index (χ0v) is 12.9. The van der Waals surface area contributed by atoms with E-state index in [1.807, 2.05) is 18.5 Å². The molecule has 1 saturated carbocycles. The van der Waals surface area contributed by atoms with Gasteiger partial charge in [-0.1, -0.05) is 13.8 Å². The molecule has 1 aliphatic rings. The minimum Gasteiger partial charge on any atom is -0.378 e. The van der Waals surface area contributed by atoms with Gasteiger partial charge in [-0.3, -0.25) is 0 Å². The van der Waals surface area contributed by atoms with Crippen LogP contribution in [0.4, 0.5) is 0 Å². The lowest BCUT2D eigenvalue weighted by atomic mass is 9.54. The molecule has 108 valence electrons. The highest BCUT2D eigenvalue weighted by Gasteiger charge is 2.57. The van der Waals surface area contributed by atoms with Crippen LogP contribution < -0.4 is 11.1 Å². The molecule has 0 saturated heterocycles.